The number of amides is 1. The van der Waals surface area contributed by atoms with E-state index in [0.717, 1.165) is 23.5 Å². The Morgan fingerprint density at radius 2 is 2.00 bits per heavy atom. The van der Waals surface area contributed by atoms with Crippen LogP contribution in [0.25, 0.3) is 11.0 Å². The lowest BCUT2D eigenvalue weighted by atomic mass is 9.61. The van der Waals surface area contributed by atoms with Crippen molar-refractivity contribution in [1.29, 1.82) is 0 Å². The molecule has 4 fully saturated rings. The fourth-order valence-electron chi connectivity index (χ4n) is 4.77. The van der Waals surface area contributed by atoms with Crippen molar-refractivity contribution < 1.29 is 4.79 Å². The van der Waals surface area contributed by atoms with E-state index in [-0.39, 0.29) is 17.5 Å². The van der Waals surface area contributed by atoms with Crippen LogP contribution < -0.4 is 10.6 Å². The summed E-state index contributed by atoms with van der Waals surface area (Å²) in [7, 11) is 0. The number of aromatic nitrogens is 2. The van der Waals surface area contributed by atoms with E-state index in [1.165, 1.54) is 25.7 Å². The third-order valence-electron chi connectivity index (χ3n) is 6.00. The van der Waals surface area contributed by atoms with E-state index in [1.54, 1.807) is 0 Å². The zero-order valence-corrected chi connectivity index (χ0v) is 12.4. The Morgan fingerprint density at radius 3 is 2.73 bits per heavy atom. The van der Waals surface area contributed by atoms with Gasteiger partial charge in [-0.2, -0.15) is 0 Å². The third kappa shape index (κ3) is 1.69. The van der Waals surface area contributed by atoms with Crippen molar-refractivity contribution in [3.05, 3.63) is 30.1 Å². The number of nitrogens with zero attached hydrogens (tertiary/aromatic N) is 1. The maximum Gasteiger partial charge on any atom is 0.287 e. The van der Waals surface area contributed by atoms with Crippen molar-refractivity contribution in [2.24, 2.45) is 11.8 Å². The Labute approximate surface area is 128 Å². The van der Waals surface area contributed by atoms with Crippen LogP contribution in [0.5, 0.6) is 0 Å². The molecular weight excluding hydrogens is 276 g/mol. The highest BCUT2D eigenvalue weighted by Crippen LogP contribution is 2.51. The molecule has 0 radical (unpaired) electrons. The van der Waals surface area contributed by atoms with Gasteiger partial charge in [0.05, 0.1) is 22.6 Å². The molecule has 2 bridgehead atoms. The van der Waals surface area contributed by atoms with Gasteiger partial charge in [0, 0.05) is 6.54 Å². The Balaban J connectivity index is 1.42. The summed E-state index contributed by atoms with van der Waals surface area (Å²) in [6.07, 6.45) is 5.13. The summed E-state index contributed by atoms with van der Waals surface area (Å²) < 4.78 is 0. The number of carbonyl (C=O) groups excluding carboxylic acids is 1. The molecule has 1 aliphatic heterocycles. The second-order valence-electron chi connectivity index (χ2n) is 7.06. The lowest BCUT2D eigenvalue weighted by Gasteiger charge is -2.48. The molecule has 114 valence electrons. The van der Waals surface area contributed by atoms with Crippen molar-refractivity contribution in [2.45, 2.75) is 37.3 Å². The van der Waals surface area contributed by atoms with Gasteiger partial charge in [-0.3, -0.25) is 4.79 Å². The monoisotopic (exact) mass is 296 g/mol. The second-order valence-corrected chi connectivity index (χ2v) is 7.06. The predicted molar refractivity (Wildman–Crippen MR) is 83.5 cm³/mol. The highest BCUT2D eigenvalue weighted by molar-refractivity contribution is 5.94. The summed E-state index contributed by atoms with van der Waals surface area (Å²) in [5.41, 5.74) is 1.94. The van der Waals surface area contributed by atoms with Crippen molar-refractivity contribution in [3.8, 4) is 0 Å². The molecule has 6 rings (SSSR count). The summed E-state index contributed by atoms with van der Waals surface area (Å²) in [5, 5.41) is 6.85. The van der Waals surface area contributed by atoms with Gasteiger partial charge in [0.25, 0.3) is 5.91 Å². The van der Waals surface area contributed by atoms with Gasteiger partial charge >= 0.3 is 0 Å². The molecule has 1 unspecified atom stereocenters. The minimum atomic E-state index is -0.0678. The van der Waals surface area contributed by atoms with Crippen LogP contribution in [0.4, 0.5) is 0 Å². The number of nitrogens with one attached hydrogen (secondary N) is 3. The van der Waals surface area contributed by atoms with Crippen LogP contribution in [-0.4, -0.2) is 34.0 Å². The van der Waals surface area contributed by atoms with Gasteiger partial charge < -0.3 is 15.6 Å². The topological polar surface area (TPSA) is 79.7 Å². The summed E-state index contributed by atoms with van der Waals surface area (Å²) in [4.78, 5) is 20.2. The minimum Gasteiger partial charge on any atom is -0.344 e. The van der Waals surface area contributed by atoms with Crippen molar-refractivity contribution in [1.82, 2.24) is 20.6 Å². The summed E-state index contributed by atoms with van der Waals surface area (Å²) in [6, 6.07) is 8.03. The SMILES string of the molecule is O=C(NC1C2CCC(CC2)[C@@]12CN2)c1nc2ccccc2[nH]1. The molecule has 1 saturated heterocycles. The quantitative estimate of drug-likeness (QED) is 0.740. The van der Waals surface area contributed by atoms with Crippen LogP contribution >= 0.6 is 0 Å². The number of benzene rings is 1. The first-order valence-corrected chi connectivity index (χ1v) is 8.27. The molecule has 1 aromatic carbocycles. The fraction of sp³-hybridized carbons (Fsp3) is 0.529. The van der Waals surface area contributed by atoms with Crippen LogP contribution in [0.1, 0.15) is 36.3 Å². The number of hydrogen-bond acceptors (Lipinski definition) is 3. The molecule has 3 aliphatic carbocycles. The van der Waals surface area contributed by atoms with E-state index in [4.69, 9.17) is 0 Å². The molecule has 1 spiro atoms. The van der Waals surface area contributed by atoms with Gasteiger partial charge in [0.15, 0.2) is 5.82 Å². The summed E-state index contributed by atoms with van der Waals surface area (Å²) in [6.45, 7) is 1.05. The Kier molecular flexibility index (Phi) is 2.48. The normalized spacial score (nSPS) is 35.9. The Morgan fingerprint density at radius 1 is 1.23 bits per heavy atom. The van der Waals surface area contributed by atoms with Gasteiger partial charge in [-0.1, -0.05) is 12.1 Å². The number of H-pyrrole nitrogens is 1. The van der Waals surface area contributed by atoms with Gasteiger partial charge in [-0.25, -0.2) is 4.98 Å². The minimum absolute atomic E-state index is 0.0678. The number of para-hydroxylation sites is 2. The second kappa shape index (κ2) is 4.32. The molecule has 5 nitrogen and oxygen atoms in total. The van der Waals surface area contributed by atoms with E-state index in [1.807, 2.05) is 24.3 Å². The zero-order valence-electron chi connectivity index (χ0n) is 12.4. The van der Waals surface area contributed by atoms with Crippen LogP contribution in [0, 0.1) is 11.8 Å². The lowest BCUT2D eigenvalue weighted by Crippen LogP contribution is -2.60. The van der Waals surface area contributed by atoms with Crippen LogP contribution in [0.2, 0.25) is 0 Å². The number of rotatable bonds is 2. The van der Waals surface area contributed by atoms with Crippen molar-refractivity contribution >= 4 is 16.9 Å². The highest BCUT2D eigenvalue weighted by atomic mass is 16.2. The number of imidazole rings is 1. The van der Waals surface area contributed by atoms with E-state index >= 15 is 0 Å². The number of hydrogen-bond donors (Lipinski definition) is 3. The van der Waals surface area contributed by atoms with Crippen LogP contribution in [0.15, 0.2) is 24.3 Å². The number of carbonyl (C=O) groups is 1. The molecule has 3 N–H and O–H groups in total. The first-order chi connectivity index (χ1) is 10.8. The molecule has 2 heterocycles. The van der Waals surface area contributed by atoms with Crippen molar-refractivity contribution in [3.63, 3.8) is 0 Å². The molecule has 22 heavy (non-hydrogen) atoms. The van der Waals surface area contributed by atoms with Crippen molar-refractivity contribution in [2.75, 3.05) is 6.54 Å². The maximum atomic E-state index is 12.6. The first-order valence-electron chi connectivity index (χ1n) is 8.27. The predicted octanol–water partition coefficient (Wildman–Crippen LogP) is 1.82. The Hall–Kier alpha value is -1.88. The highest BCUT2D eigenvalue weighted by Gasteiger charge is 2.61. The summed E-state index contributed by atoms with van der Waals surface area (Å²) in [5.74, 6) is 1.71. The Bertz CT molecular complexity index is 707. The maximum absolute atomic E-state index is 12.6. The molecular formula is C17H20N4O. The molecule has 1 aromatic heterocycles. The smallest absolute Gasteiger partial charge is 0.287 e. The zero-order chi connectivity index (χ0) is 14.7. The summed E-state index contributed by atoms with van der Waals surface area (Å²) >= 11 is 0. The standard InChI is InChI=1S/C17H20N4O/c22-16(15-19-12-3-1-2-4-13(12)20-15)21-14-10-5-7-11(8-6-10)17(14)9-18-17/h1-4,10-11,14,18H,5-9H2,(H,19,20)(H,21,22)/t10?,11?,14?,17-/m0/s1. The molecule has 5 heteroatoms. The fourth-order valence-corrected chi connectivity index (χ4v) is 4.77. The van der Waals surface area contributed by atoms with E-state index in [2.05, 4.69) is 20.6 Å². The first kappa shape index (κ1) is 12.6. The van der Waals surface area contributed by atoms with Gasteiger partial charge in [-0.15, -0.1) is 0 Å². The van der Waals surface area contributed by atoms with Crippen LogP contribution in [0.3, 0.4) is 0 Å². The van der Waals surface area contributed by atoms with Gasteiger partial charge in [0.1, 0.15) is 0 Å². The molecule has 2 aromatic rings. The molecule has 2 atom stereocenters. The lowest BCUT2D eigenvalue weighted by molar-refractivity contribution is 0.0629. The van der Waals surface area contributed by atoms with E-state index < -0.39 is 0 Å². The number of fused-ring (bicyclic) bond motifs is 3. The van der Waals surface area contributed by atoms with E-state index in [0.29, 0.717) is 11.7 Å². The van der Waals surface area contributed by atoms with Gasteiger partial charge in [0.2, 0.25) is 0 Å². The molecule has 3 saturated carbocycles. The molecule has 1 amide bonds. The number of aromatic amines is 1. The van der Waals surface area contributed by atoms with Crippen LogP contribution in [-0.2, 0) is 0 Å². The third-order valence-corrected chi connectivity index (χ3v) is 6.00. The largest absolute Gasteiger partial charge is 0.344 e. The molecule has 4 aliphatic rings. The van der Waals surface area contributed by atoms with E-state index in [9.17, 15) is 4.79 Å². The average molecular weight is 296 g/mol. The average Bonchev–Trinajstić information content (AvgIpc) is 3.20. The van der Waals surface area contributed by atoms with Gasteiger partial charge in [-0.05, 0) is 49.7 Å².